The van der Waals surface area contributed by atoms with E-state index in [2.05, 4.69) is 9.88 Å². The van der Waals surface area contributed by atoms with Crippen molar-refractivity contribution < 1.29 is 13.9 Å². The second-order valence-electron chi connectivity index (χ2n) is 8.59. The SMILES string of the molecule is O=C1N(Cc2ccccc2)CCO[C@]12CN(Cc1cccc(F)c1)C[C@H]2c1cccnc1. The predicted octanol–water partition coefficient (Wildman–Crippen LogP) is 3.62. The summed E-state index contributed by atoms with van der Waals surface area (Å²) in [6.07, 6.45) is 3.56. The van der Waals surface area contributed by atoms with E-state index in [0.29, 0.717) is 39.3 Å². The summed E-state index contributed by atoms with van der Waals surface area (Å²) in [5.41, 5.74) is 2.01. The molecule has 0 saturated carbocycles. The van der Waals surface area contributed by atoms with Crippen molar-refractivity contribution in [3.8, 4) is 0 Å². The minimum atomic E-state index is -0.969. The topological polar surface area (TPSA) is 45.7 Å². The molecule has 32 heavy (non-hydrogen) atoms. The van der Waals surface area contributed by atoms with E-state index in [9.17, 15) is 9.18 Å². The van der Waals surface area contributed by atoms with Crippen molar-refractivity contribution >= 4 is 5.91 Å². The van der Waals surface area contributed by atoms with Gasteiger partial charge in [-0.3, -0.25) is 14.7 Å². The molecule has 0 unspecified atom stereocenters. The molecule has 2 aliphatic rings. The number of carbonyl (C=O) groups excluding carboxylic acids is 1. The molecule has 2 atom stereocenters. The largest absolute Gasteiger partial charge is 0.361 e. The minimum Gasteiger partial charge on any atom is -0.361 e. The second-order valence-corrected chi connectivity index (χ2v) is 8.59. The first kappa shape index (κ1) is 20.8. The molecule has 3 aromatic rings. The van der Waals surface area contributed by atoms with Crippen molar-refractivity contribution in [1.82, 2.24) is 14.8 Å². The lowest BCUT2D eigenvalue weighted by molar-refractivity contribution is -0.173. The molecular formula is C26H26FN3O2. The number of aromatic nitrogens is 1. The van der Waals surface area contributed by atoms with Crippen LogP contribution in [0.15, 0.2) is 79.1 Å². The van der Waals surface area contributed by atoms with E-state index in [0.717, 1.165) is 16.7 Å². The van der Waals surface area contributed by atoms with Gasteiger partial charge in [-0.25, -0.2) is 4.39 Å². The molecule has 0 aliphatic carbocycles. The zero-order valence-electron chi connectivity index (χ0n) is 17.9. The molecule has 1 aromatic heterocycles. The zero-order valence-corrected chi connectivity index (χ0v) is 17.9. The number of rotatable bonds is 5. The molecule has 5 rings (SSSR count). The van der Waals surface area contributed by atoms with Crippen LogP contribution in [0.3, 0.4) is 0 Å². The van der Waals surface area contributed by atoms with Gasteiger partial charge in [0.2, 0.25) is 0 Å². The fourth-order valence-electron chi connectivity index (χ4n) is 4.97. The van der Waals surface area contributed by atoms with Gasteiger partial charge in [-0.1, -0.05) is 48.5 Å². The Balaban J connectivity index is 1.45. The smallest absolute Gasteiger partial charge is 0.257 e. The number of pyridine rings is 1. The van der Waals surface area contributed by atoms with Crippen molar-refractivity contribution in [2.45, 2.75) is 24.6 Å². The number of morpholine rings is 1. The third kappa shape index (κ3) is 4.04. The Morgan fingerprint density at radius 3 is 2.66 bits per heavy atom. The molecule has 1 spiro atoms. The summed E-state index contributed by atoms with van der Waals surface area (Å²) >= 11 is 0. The fraction of sp³-hybridized carbons (Fsp3) is 0.308. The van der Waals surface area contributed by atoms with Crippen molar-refractivity contribution in [3.63, 3.8) is 0 Å². The lowest BCUT2D eigenvalue weighted by atomic mass is 9.83. The van der Waals surface area contributed by atoms with Crippen LogP contribution in [-0.2, 0) is 22.6 Å². The van der Waals surface area contributed by atoms with Gasteiger partial charge in [0, 0.05) is 51.0 Å². The summed E-state index contributed by atoms with van der Waals surface area (Å²) in [7, 11) is 0. The van der Waals surface area contributed by atoms with Gasteiger partial charge in [-0.15, -0.1) is 0 Å². The van der Waals surface area contributed by atoms with Gasteiger partial charge in [0.05, 0.1) is 6.61 Å². The molecule has 164 valence electrons. The lowest BCUT2D eigenvalue weighted by Crippen LogP contribution is -2.59. The minimum absolute atomic E-state index is 0.0169. The standard InChI is InChI=1S/C26H26FN3O2/c27-23-10-4-8-21(14-23)16-29-18-24(22-9-5-11-28-15-22)26(19-29)25(31)30(12-13-32-26)17-20-6-2-1-3-7-20/h1-11,14-15,24H,12-13,16-19H2/t24-,26-/m0/s1. The van der Waals surface area contributed by atoms with E-state index in [1.165, 1.54) is 6.07 Å². The molecule has 2 aliphatic heterocycles. The number of nitrogens with zero attached hydrogens (tertiary/aromatic N) is 3. The maximum Gasteiger partial charge on any atom is 0.257 e. The zero-order chi connectivity index (χ0) is 22.0. The molecular weight excluding hydrogens is 405 g/mol. The van der Waals surface area contributed by atoms with E-state index in [1.807, 2.05) is 59.6 Å². The Kier molecular flexibility index (Phi) is 5.72. The van der Waals surface area contributed by atoms with Crippen LogP contribution in [0.2, 0.25) is 0 Å². The Morgan fingerprint density at radius 2 is 1.88 bits per heavy atom. The average Bonchev–Trinajstić information content (AvgIpc) is 3.17. The van der Waals surface area contributed by atoms with Crippen molar-refractivity contribution in [2.75, 3.05) is 26.2 Å². The predicted molar refractivity (Wildman–Crippen MR) is 119 cm³/mol. The second kappa shape index (κ2) is 8.81. The molecule has 2 saturated heterocycles. The molecule has 0 radical (unpaired) electrons. The number of amides is 1. The molecule has 1 amide bonds. The monoisotopic (exact) mass is 431 g/mol. The van der Waals surface area contributed by atoms with Crippen LogP contribution in [0.1, 0.15) is 22.6 Å². The average molecular weight is 432 g/mol. The number of hydrogen-bond acceptors (Lipinski definition) is 4. The number of halogens is 1. The Bertz CT molecular complexity index is 1080. The normalized spacial score (nSPS) is 23.7. The van der Waals surface area contributed by atoms with Gasteiger partial charge in [-0.05, 0) is 34.9 Å². The number of benzene rings is 2. The first-order valence-electron chi connectivity index (χ1n) is 11.0. The Morgan fingerprint density at radius 1 is 1.03 bits per heavy atom. The summed E-state index contributed by atoms with van der Waals surface area (Å²) in [4.78, 5) is 22.3. The highest BCUT2D eigenvalue weighted by atomic mass is 19.1. The number of ether oxygens (including phenoxy) is 1. The quantitative estimate of drug-likeness (QED) is 0.619. The fourth-order valence-corrected chi connectivity index (χ4v) is 4.97. The summed E-state index contributed by atoms with van der Waals surface area (Å²) in [5, 5.41) is 0. The molecule has 0 N–H and O–H groups in total. The molecule has 6 heteroatoms. The van der Waals surface area contributed by atoms with Crippen molar-refractivity contribution in [3.05, 3.63) is 102 Å². The van der Waals surface area contributed by atoms with Crippen molar-refractivity contribution in [1.29, 1.82) is 0 Å². The van der Waals surface area contributed by atoms with Gasteiger partial charge in [0.1, 0.15) is 5.82 Å². The first-order valence-corrected chi connectivity index (χ1v) is 11.0. The highest BCUT2D eigenvalue weighted by molar-refractivity contribution is 5.88. The highest BCUT2D eigenvalue weighted by Crippen LogP contribution is 2.42. The van der Waals surface area contributed by atoms with E-state index in [4.69, 9.17) is 4.74 Å². The summed E-state index contributed by atoms with van der Waals surface area (Å²) in [6, 6.07) is 20.6. The number of carbonyl (C=O) groups is 1. The van der Waals surface area contributed by atoms with E-state index in [1.54, 1.807) is 18.3 Å². The van der Waals surface area contributed by atoms with Gasteiger partial charge >= 0.3 is 0 Å². The van der Waals surface area contributed by atoms with Crippen LogP contribution in [0, 0.1) is 5.82 Å². The van der Waals surface area contributed by atoms with Crippen LogP contribution >= 0.6 is 0 Å². The van der Waals surface area contributed by atoms with Crippen LogP contribution in [0.25, 0.3) is 0 Å². The third-order valence-electron chi connectivity index (χ3n) is 6.43. The van der Waals surface area contributed by atoms with Gasteiger partial charge in [-0.2, -0.15) is 0 Å². The van der Waals surface area contributed by atoms with Gasteiger partial charge < -0.3 is 9.64 Å². The maximum atomic E-state index is 13.9. The summed E-state index contributed by atoms with van der Waals surface area (Å²) in [6.45, 7) is 3.29. The molecule has 5 nitrogen and oxygen atoms in total. The molecule has 3 heterocycles. The van der Waals surface area contributed by atoms with Gasteiger partial charge in [0.25, 0.3) is 5.91 Å². The number of hydrogen-bond donors (Lipinski definition) is 0. The molecule has 0 bridgehead atoms. The highest BCUT2D eigenvalue weighted by Gasteiger charge is 2.56. The van der Waals surface area contributed by atoms with Crippen LogP contribution in [0.4, 0.5) is 4.39 Å². The van der Waals surface area contributed by atoms with Gasteiger partial charge in [0.15, 0.2) is 5.60 Å². The van der Waals surface area contributed by atoms with E-state index in [-0.39, 0.29) is 17.6 Å². The lowest BCUT2D eigenvalue weighted by Gasteiger charge is -2.42. The first-order chi connectivity index (χ1) is 15.6. The maximum absolute atomic E-state index is 13.9. The summed E-state index contributed by atoms with van der Waals surface area (Å²) < 4.78 is 20.1. The summed E-state index contributed by atoms with van der Waals surface area (Å²) in [5.74, 6) is -0.377. The third-order valence-corrected chi connectivity index (χ3v) is 6.43. The van der Waals surface area contributed by atoms with Crippen LogP contribution < -0.4 is 0 Å². The molecule has 2 fully saturated rings. The van der Waals surface area contributed by atoms with E-state index < -0.39 is 5.60 Å². The van der Waals surface area contributed by atoms with Crippen LogP contribution in [-0.4, -0.2) is 52.5 Å². The Labute approximate surface area is 187 Å². The number of likely N-dealkylation sites (tertiary alicyclic amines) is 1. The van der Waals surface area contributed by atoms with E-state index >= 15 is 0 Å². The molecule has 2 aromatic carbocycles. The van der Waals surface area contributed by atoms with Crippen LogP contribution in [0.5, 0.6) is 0 Å². The van der Waals surface area contributed by atoms with Crippen molar-refractivity contribution in [2.24, 2.45) is 0 Å². The Hall–Kier alpha value is -3.09.